The van der Waals surface area contributed by atoms with Crippen molar-refractivity contribution in [2.75, 3.05) is 6.79 Å². The molecule has 1 aliphatic rings. The molecule has 0 unspecified atom stereocenters. The van der Waals surface area contributed by atoms with Crippen LogP contribution in [0.15, 0.2) is 42.7 Å². The van der Waals surface area contributed by atoms with Gasteiger partial charge in [-0.25, -0.2) is 9.50 Å². The molecule has 4 rings (SSSR count). The normalized spacial score (nSPS) is 13.1. The Labute approximate surface area is 103 Å². The Morgan fingerprint density at radius 3 is 3.00 bits per heavy atom. The SMILES string of the molecule is c1cn2nc(-c3ccc4c(c3)OCO4)ccc2n1. The fourth-order valence-corrected chi connectivity index (χ4v) is 2.03. The van der Waals surface area contributed by atoms with Gasteiger partial charge in [0.1, 0.15) is 0 Å². The Hall–Kier alpha value is -2.56. The summed E-state index contributed by atoms with van der Waals surface area (Å²) in [7, 11) is 0. The maximum Gasteiger partial charge on any atom is 0.231 e. The van der Waals surface area contributed by atoms with Gasteiger partial charge in [-0.05, 0) is 30.3 Å². The molecule has 3 aromatic rings. The zero-order chi connectivity index (χ0) is 11.9. The fourth-order valence-electron chi connectivity index (χ4n) is 2.03. The minimum Gasteiger partial charge on any atom is -0.454 e. The standard InChI is InChI=1S/C13H9N3O2/c1-3-11-12(18-8-17-11)7-9(1)10-2-4-13-14-5-6-16(13)15-10/h1-7H,8H2. The summed E-state index contributed by atoms with van der Waals surface area (Å²) in [4.78, 5) is 4.17. The summed E-state index contributed by atoms with van der Waals surface area (Å²) in [6, 6.07) is 9.69. The van der Waals surface area contributed by atoms with Crippen molar-refractivity contribution in [1.29, 1.82) is 0 Å². The number of aromatic nitrogens is 3. The maximum absolute atomic E-state index is 5.36. The van der Waals surface area contributed by atoms with Crippen molar-refractivity contribution in [3.63, 3.8) is 0 Å². The van der Waals surface area contributed by atoms with Crippen LogP contribution in [0.4, 0.5) is 0 Å². The maximum atomic E-state index is 5.36. The van der Waals surface area contributed by atoms with Crippen LogP contribution >= 0.6 is 0 Å². The minimum absolute atomic E-state index is 0.284. The average molecular weight is 239 g/mol. The first-order chi connectivity index (χ1) is 8.90. The molecule has 1 aliphatic heterocycles. The van der Waals surface area contributed by atoms with Crippen LogP contribution in [0.5, 0.6) is 11.5 Å². The van der Waals surface area contributed by atoms with Gasteiger partial charge in [0.2, 0.25) is 6.79 Å². The molecule has 0 amide bonds. The van der Waals surface area contributed by atoms with E-state index < -0.39 is 0 Å². The molecule has 0 spiro atoms. The van der Waals surface area contributed by atoms with E-state index in [4.69, 9.17) is 9.47 Å². The molecule has 0 bridgehead atoms. The second-order valence-electron chi connectivity index (χ2n) is 4.02. The highest BCUT2D eigenvalue weighted by molar-refractivity contribution is 5.65. The number of rotatable bonds is 1. The van der Waals surface area contributed by atoms with Gasteiger partial charge in [-0.15, -0.1) is 0 Å². The zero-order valence-electron chi connectivity index (χ0n) is 9.41. The Kier molecular flexibility index (Phi) is 1.82. The Balaban J connectivity index is 1.86. The third kappa shape index (κ3) is 1.34. The van der Waals surface area contributed by atoms with E-state index in [-0.39, 0.29) is 6.79 Å². The summed E-state index contributed by atoms with van der Waals surface area (Å²) in [6.45, 7) is 0.284. The van der Waals surface area contributed by atoms with Crippen LogP contribution in [0, 0.1) is 0 Å². The summed E-state index contributed by atoms with van der Waals surface area (Å²) in [5.74, 6) is 1.54. The highest BCUT2D eigenvalue weighted by Crippen LogP contribution is 2.35. The van der Waals surface area contributed by atoms with E-state index in [1.54, 1.807) is 10.7 Å². The van der Waals surface area contributed by atoms with Crippen molar-refractivity contribution < 1.29 is 9.47 Å². The highest BCUT2D eigenvalue weighted by atomic mass is 16.7. The van der Waals surface area contributed by atoms with Crippen molar-refractivity contribution >= 4 is 5.65 Å². The van der Waals surface area contributed by atoms with Gasteiger partial charge in [0.25, 0.3) is 0 Å². The van der Waals surface area contributed by atoms with Gasteiger partial charge in [-0.2, -0.15) is 5.10 Å². The smallest absolute Gasteiger partial charge is 0.231 e. The number of fused-ring (bicyclic) bond motifs is 2. The van der Waals surface area contributed by atoms with Crippen molar-refractivity contribution in [1.82, 2.24) is 14.6 Å². The van der Waals surface area contributed by atoms with Crippen molar-refractivity contribution in [2.45, 2.75) is 0 Å². The largest absolute Gasteiger partial charge is 0.454 e. The van der Waals surface area contributed by atoms with E-state index in [0.29, 0.717) is 0 Å². The first kappa shape index (κ1) is 9.47. The predicted molar refractivity (Wildman–Crippen MR) is 64.5 cm³/mol. The van der Waals surface area contributed by atoms with Crippen LogP contribution in [0.2, 0.25) is 0 Å². The van der Waals surface area contributed by atoms with E-state index in [9.17, 15) is 0 Å². The van der Waals surface area contributed by atoms with Gasteiger partial charge in [0, 0.05) is 18.0 Å². The summed E-state index contributed by atoms with van der Waals surface area (Å²) in [5, 5.41) is 4.49. The Morgan fingerprint density at radius 2 is 2.00 bits per heavy atom. The number of nitrogens with zero attached hydrogens (tertiary/aromatic N) is 3. The van der Waals surface area contributed by atoms with Gasteiger partial charge >= 0.3 is 0 Å². The topological polar surface area (TPSA) is 48.7 Å². The molecule has 0 radical (unpaired) electrons. The van der Waals surface area contributed by atoms with E-state index >= 15 is 0 Å². The molecule has 0 saturated heterocycles. The number of imidazole rings is 1. The van der Waals surface area contributed by atoms with Gasteiger partial charge in [-0.1, -0.05) is 0 Å². The third-order valence-corrected chi connectivity index (χ3v) is 2.92. The van der Waals surface area contributed by atoms with Crippen LogP contribution in [0.3, 0.4) is 0 Å². The summed E-state index contributed by atoms with van der Waals surface area (Å²) in [5.41, 5.74) is 2.70. The lowest BCUT2D eigenvalue weighted by molar-refractivity contribution is 0.174. The zero-order valence-corrected chi connectivity index (χ0v) is 9.41. The summed E-state index contributed by atoms with van der Waals surface area (Å²) < 4.78 is 12.4. The molecule has 0 atom stereocenters. The number of hydrogen-bond donors (Lipinski definition) is 0. The minimum atomic E-state index is 0.284. The summed E-state index contributed by atoms with van der Waals surface area (Å²) in [6.07, 6.45) is 3.55. The van der Waals surface area contributed by atoms with Gasteiger partial charge < -0.3 is 9.47 Å². The van der Waals surface area contributed by atoms with Crippen LogP contribution in [-0.4, -0.2) is 21.4 Å². The second kappa shape index (κ2) is 3.46. The number of hydrogen-bond acceptors (Lipinski definition) is 4. The van der Waals surface area contributed by atoms with Gasteiger partial charge in [0.05, 0.1) is 5.69 Å². The van der Waals surface area contributed by atoms with E-state index in [1.807, 2.05) is 36.5 Å². The molecular formula is C13H9N3O2. The van der Waals surface area contributed by atoms with Crippen molar-refractivity contribution in [3.05, 3.63) is 42.7 Å². The molecule has 0 fully saturated rings. The molecule has 88 valence electrons. The van der Waals surface area contributed by atoms with Crippen LogP contribution in [0.1, 0.15) is 0 Å². The Morgan fingerprint density at radius 1 is 1.06 bits per heavy atom. The predicted octanol–water partition coefficient (Wildman–Crippen LogP) is 2.12. The van der Waals surface area contributed by atoms with Crippen LogP contribution in [-0.2, 0) is 0 Å². The molecule has 18 heavy (non-hydrogen) atoms. The lowest BCUT2D eigenvalue weighted by Gasteiger charge is -2.03. The Bertz CT molecular complexity index is 736. The second-order valence-corrected chi connectivity index (χ2v) is 4.02. The fraction of sp³-hybridized carbons (Fsp3) is 0.0769. The number of benzene rings is 1. The van der Waals surface area contributed by atoms with Gasteiger partial charge in [-0.3, -0.25) is 0 Å². The first-order valence-corrected chi connectivity index (χ1v) is 5.60. The quantitative estimate of drug-likeness (QED) is 0.652. The molecule has 0 N–H and O–H groups in total. The highest BCUT2D eigenvalue weighted by Gasteiger charge is 2.14. The third-order valence-electron chi connectivity index (χ3n) is 2.92. The molecule has 5 nitrogen and oxygen atoms in total. The van der Waals surface area contributed by atoms with Crippen molar-refractivity contribution in [2.24, 2.45) is 0 Å². The summed E-state index contributed by atoms with van der Waals surface area (Å²) >= 11 is 0. The van der Waals surface area contributed by atoms with Crippen LogP contribution < -0.4 is 9.47 Å². The van der Waals surface area contributed by atoms with Crippen LogP contribution in [0.25, 0.3) is 16.9 Å². The molecule has 2 aromatic heterocycles. The lowest BCUT2D eigenvalue weighted by atomic mass is 10.1. The monoisotopic (exact) mass is 239 g/mol. The average Bonchev–Trinajstić information content (AvgIpc) is 3.05. The molecule has 0 aliphatic carbocycles. The lowest BCUT2D eigenvalue weighted by Crippen LogP contribution is -1.93. The number of ether oxygens (including phenoxy) is 2. The van der Waals surface area contributed by atoms with E-state index in [1.165, 1.54) is 0 Å². The first-order valence-electron chi connectivity index (χ1n) is 5.60. The molecule has 5 heteroatoms. The van der Waals surface area contributed by atoms with E-state index in [2.05, 4.69) is 10.1 Å². The molecule has 3 heterocycles. The molecule has 0 saturated carbocycles. The van der Waals surface area contributed by atoms with Gasteiger partial charge in [0.15, 0.2) is 17.1 Å². The molecule has 1 aromatic carbocycles. The van der Waals surface area contributed by atoms with Crippen molar-refractivity contribution in [3.8, 4) is 22.8 Å². The van der Waals surface area contributed by atoms with E-state index in [0.717, 1.165) is 28.4 Å². The molecular weight excluding hydrogens is 230 g/mol.